The van der Waals surface area contributed by atoms with Crippen molar-refractivity contribution >= 4 is 23.2 Å². The topological polar surface area (TPSA) is 80.9 Å². The molecule has 1 unspecified atom stereocenters. The lowest BCUT2D eigenvalue weighted by Gasteiger charge is -2.15. The maximum absolute atomic E-state index is 12.4. The van der Waals surface area contributed by atoms with Crippen LogP contribution in [0.4, 0.5) is 8.78 Å². The first kappa shape index (κ1) is 20.1. The third kappa shape index (κ3) is 6.26. The van der Waals surface area contributed by atoms with E-state index in [9.17, 15) is 13.6 Å². The van der Waals surface area contributed by atoms with Crippen molar-refractivity contribution in [2.75, 3.05) is 19.8 Å². The summed E-state index contributed by atoms with van der Waals surface area (Å²) in [5.74, 6) is -0.588. The summed E-state index contributed by atoms with van der Waals surface area (Å²) in [6, 6.07) is 3.92. The van der Waals surface area contributed by atoms with E-state index in [1.165, 1.54) is 18.2 Å². The molecule has 0 spiro atoms. The van der Waals surface area contributed by atoms with Crippen LogP contribution >= 0.6 is 12.2 Å². The van der Waals surface area contributed by atoms with Crippen molar-refractivity contribution in [3.05, 3.63) is 23.8 Å². The zero-order chi connectivity index (χ0) is 18.9. The van der Waals surface area contributed by atoms with Crippen LogP contribution in [0.1, 0.15) is 30.1 Å². The Morgan fingerprint density at radius 3 is 2.85 bits per heavy atom. The van der Waals surface area contributed by atoms with Crippen molar-refractivity contribution in [3.8, 4) is 11.5 Å². The number of benzene rings is 1. The van der Waals surface area contributed by atoms with Crippen molar-refractivity contribution in [2.45, 2.75) is 32.5 Å². The molecule has 1 aromatic carbocycles. The molecule has 2 rings (SSSR count). The summed E-state index contributed by atoms with van der Waals surface area (Å²) >= 11 is 5.07. The van der Waals surface area contributed by atoms with E-state index >= 15 is 0 Å². The molecule has 0 aliphatic carbocycles. The van der Waals surface area contributed by atoms with E-state index in [2.05, 4.69) is 20.9 Å². The Morgan fingerprint density at radius 2 is 2.19 bits per heavy atom. The van der Waals surface area contributed by atoms with E-state index in [0.29, 0.717) is 6.54 Å². The predicted octanol–water partition coefficient (Wildman–Crippen LogP) is 1.97. The minimum absolute atomic E-state index is 0.0551. The minimum atomic E-state index is -2.98. The Kier molecular flexibility index (Phi) is 7.79. The van der Waals surface area contributed by atoms with Crippen LogP contribution in [-0.2, 0) is 4.74 Å². The van der Waals surface area contributed by atoms with Gasteiger partial charge >= 0.3 is 6.61 Å². The van der Waals surface area contributed by atoms with E-state index in [-0.39, 0.29) is 34.9 Å². The van der Waals surface area contributed by atoms with E-state index in [0.717, 1.165) is 19.4 Å². The molecule has 0 bridgehead atoms. The molecule has 0 aromatic heterocycles. The number of hydrogen-bond donors (Lipinski definition) is 3. The summed E-state index contributed by atoms with van der Waals surface area (Å²) in [6.07, 6.45) is 2.10. The molecule has 0 saturated carbocycles. The summed E-state index contributed by atoms with van der Waals surface area (Å²) in [7, 11) is 0. The fraction of sp³-hybridized carbons (Fsp3) is 0.500. The summed E-state index contributed by atoms with van der Waals surface area (Å²) < 4.78 is 39.9. The molecular formula is C16H21F2N3O4S. The van der Waals surface area contributed by atoms with Crippen LogP contribution in [0.2, 0.25) is 0 Å². The molecule has 0 radical (unpaired) electrons. The summed E-state index contributed by atoms with van der Waals surface area (Å²) in [5.41, 5.74) is 5.20. The van der Waals surface area contributed by atoms with E-state index in [4.69, 9.17) is 21.7 Å². The molecule has 1 heterocycles. The highest BCUT2D eigenvalue weighted by atomic mass is 32.1. The zero-order valence-corrected chi connectivity index (χ0v) is 15.0. The molecule has 1 fully saturated rings. The summed E-state index contributed by atoms with van der Waals surface area (Å²) in [6.45, 7) is 0.244. The SMILES string of the molecule is CCOc1cc(C(=O)NNC(=S)NCC2CCCO2)ccc1OC(F)F. The lowest BCUT2D eigenvalue weighted by molar-refractivity contribution is -0.0514. The monoisotopic (exact) mass is 389 g/mol. The van der Waals surface area contributed by atoms with Gasteiger partial charge in [0.15, 0.2) is 16.6 Å². The second-order valence-corrected chi connectivity index (χ2v) is 5.81. The highest BCUT2D eigenvalue weighted by Gasteiger charge is 2.16. The van der Waals surface area contributed by atoms with Gasteiger partial charge in [-0.3, -0.25) is 15.6 Å². The molecule has 26 heavy (non-hydrogen) atoms. The van der Waals surface area contributed by atoms with Crippen molar-refractivity contribution in [1.29, 1.82) is 0 Å². The van der Waals surface area contributed by atoms with Gasteiger partial charge in [0, 0.05) is 18.7 Å². The Morgan fingerprint density at radius 1 is 1.38 bits per heavy atom. The van der Waals surface area contributed by atoms with Crippen molar-refractivity contribution in [2.24, 2.45) is 0 Å². The highest BCUT2D eigenvalue weighted by molar-refractivity contribution is 7.80. The van der Waals surface area contributed by atoms with Crippen molar-refractivity contribution < 1.29 is 27.8 Å². The van der Waals surface area contributed by atoms with E-state index < -0.39 is 12.5 Å². The molecule has 10 heteroatoms. The number of carbonyl (C=O) groups excluding carboxylic acids is 1. The van der Waals surface area contributed by atoms with Gasteiger partial charge in [0.25, 0.3) is 5.91 Å². The van der Waals surface area contributed by atoms with Crippen LogP contribution in [0.3, 0.4) is 0 Å². The van der Waals surface area contributed by atoms with Crippen LogP contribution in [0, 0.1) is 0 Å². The van der Waals surface area contributed by atoms with Gasteiger partial charge in [-0.25, -0.2) is 0 Å². The summed E-state index contributed by atoms with van der Waals surface area (Å²) in [4.78, 5) is 12.2. The Bertz CT molecular complexity index is 628. The highest BCUT2D eigenvalue weighted by Crippen LogP contribution is 2.29. The molecular weight excluding hydrogens is 368 g/mol. The number of rotatable bonds is 7. The molecule has 3 N–H and O–H groups in total. The second kappa shape index (κ2) is 10.1. The average Bonchev–Trinajstić information content (AvgIpc) is 3.12. The number of hydrazine groups is 1. The van der Waals surface area contributed by atoms with E-state index in [1.54, 1.807) is 6.92 Å². The van der Waals surface area contributed by atoms with E-state index in [1.807, 2.05) is 0 Å². The standard InChI is InChI=1S/C16H21F2N3O4S/c1-2-23-13-8-10(5-6-12(13)25-15(17)18)14(22)20-21-16(26)19-9-11-4-3-7-24-11/h5-6,8,11,15H,2-4,7,9H2,1H3,(H,20,22)(H2,19,21,26). The number of thiocarbonyl (C=S) groups is 1. The van der Waals surface area contributed by atoms with Gasteiger partial charge in [0.05, 0.1) is 12.7 Å². The molecule has 1 aliphatic heterocycles. The molecule has 1 aliphatic rings. The number of halogens is 2. The van der Waals surface area contributed by atoms with Crippen LogP contribution in [0.25, 0.3) is 0 Å². The molecule has 1 aromatic rings. The van der Waals surface area contributed by atoms with Gasteiger partial charge in [-0.15, -0.1) is 0 Å². The third-order valence-corrected chi connectivity index (χ3v) is 3.77. The molecule has 1 atom stereocenters. The first-order chi connectivity index (χ1) is 12.5. The Hall–Kier alpha value is -2.20. The fourth-order valence-corrected chi connectivity index (χ4v) is 2.49. The normalized spacial score (nSPS) is 16.2. The zero-order valence-electron chi connectivity index (χ0n) is 14.2. The predicted molar refractivity (Wildman–Crippen MR) is 94.4 cm³/mol. The van der Waals surface area contributed by atoms with Gasteiger partial charge in [0.2, 0.25) is 0 Å². The average molecular weight is 389 g/mol. The first-order valence-electron chi connectivity index (χ1n) is 8.17. The fourth-order valence-electron chi connectivity index (χ4n) is 2.35. The number of carbonyl (C=O) groups is 1. The van der Waals surface area contributed by atoms with Gasteiger partial charge in [-0.2, -0.15) is 8.78 Å². The van der Waals surface area contributed by atoms with Crippen LogP contribution in [-0.4, -0.2) is 43.5 Å². The lowest BCUT2D eigenvalue weighted by atomic mass is 10.2. The number of ether oxygens (including phenoxy) is 3. The number of nitrogens with one attached hydrogen (secondary N) is 3. The Labute approximate surface area is 155 Å². The van der Waals surface area contributed by atoms with Gasteiger partial charge in [-0.1, -0.05) is 0 Å². The first-order valence-corrected chi connectivity index (χ1v) is 8.58. The molecule has 7 nitrogen and oxygen atoms in total. The number of amides is 1. The Balaban J connectivity index is 1.87. The molecule has 1 saturated heterocycles. The van der Waals surface area contributed by atoms with Crippen LogP contribution in [0.15, 0.2) is 18.2 Å². The second-order valence-electron chi connectivity index (χ2n) is 5.40. The molecule has 1 amide bonds. The number of hydrogen-bond acceptors (Lipinski definition) is 5. The minimum Gasteiger partial charge on any atom is -0.490 e. The maximum Gasteiger partial charge on any atom is 0.387 e. The van der Waals surface area contributed by atoms with Gasteiger partial charge in [-0.05, 0) is 50.2 Å². The maximum atomic E-state index is 12.4. The van der Waals surface area contributed by atoms with Crippen LogP contribution < -0.4 is 25.6 Å². The summed E-state index contributed by atoms with van der Waals surface area (Å²) in [5, 5.41) is 3.19. The van der Waals surface area contributed by atoms with Gasteiger partial charge in [0.1, 0.15) is 0 Å². The third-order valence-electron chi connectivity index (χ3n) is 3.53. The largest absolute Gasteiger partial charge is 0.490 e. The van der Waals surface area contributed by atoms with Crippen LogP contribution in [0.5, 0.6) is 11.5 Å². The smallest absolute Gasteiger partial charge is 0.387 e. The molecule has 144 valence electrons. The lowest BCUT2D eigenvalue weighted by Crippen LogP contribution is -2.48. The number of alkyl halides is 2. The quantitative estimate of drug-likeness (QED) is 0.486. The van der Waals surface area contributed by atoms with Crippen molar-refractivity contribution in [1.82, 2.24) is 16.2 Å². The van der Waals surface area contributed by atoms with Crippen molar-refractivity contribution in [3.63, 3.8) is 0 Å². The van der Waals surface area contributed by atoms with Gasteiger partial charge < -0.3 is 19.5 Å².